The normalized spacial score (nSPS) is 22.9. The van der Waals surface area contributed by atoms with Crippen LogP contribution in [-0.4, -0.2) is 62.0 Å². The van der Waals surface area contributed by atoms with Crippen LogP contribution in [0.1, 0.15) is 39.2 Å². The van der Waals surface area contributed by atoms with Crippen LogP contribution in [0.3, 0.4) is 0 Å². The summed E-state index contributed by atoms with van der Waals surface area (Å²) in [6.45, 7) is 5.06. The summed E-state index contributed by atoms with van der Waals surface area (Å²) in [5.74, 6) is 5.72. The van der Waals surface area contributed by atoms with E-state index in [9.17, 15) is 19.9 Å². The molecule has 2 heterocycles. The number of aromatic nitrogens is 3. The molecule has 1 fully saturated rings. The van der Waals surface area contributed by atoms with Crippen molar-refractivity contribution in [3.8, 4) is 11.8 Å². The van der Waals surface area contributed by atoms with Gasteiger partial charge in [0.15, 0.2) is 6.23 Å². The molecule has 156 valence electrons. The van der Waals surface area contributed by atoms with E-state index in [1.54, 1.807) is 11.8 Å². The first-order chi connectivity index (χ1) is 13.4. The predicted octanol–water partition coefficient (Wildman–Crippen LogP) is 0.800. The molecule has 0 aliphatic carbocycles. The molecule has 0 saturated carbocycles. The number of thioether (sulfide) groups is 1. The average Bonchev–Trinajstić information content (AvgIpc) is 3.23. The highest BCUT2D eigenvalue weighted by Crippen LogP contribution is 2.29. The molecule has 4 N–H and O–H groups in total. The van der Waals surface area contributed by atoms with Gasteiger partial charge in [-0.1, -0.05) is 31.0 Å². The van der Waals surface area contributed by atoms with E-state index < -0.39 is 24.5 Å². The monoisotopic (exact) mass is 413 g/mol. The molecule has 0 aromatic carbocycles. The highest BCUT2D eigenvalue weighted by Gasteiger charge is 2.44. The van der Waals surface area contributed by atoms with Crippen molar-refractivity contribution in [3.05, 3.63) is 28.5 Å². The maximum absolute atomic E-state index is 10.3. The Bertz CT molecular complexity index is 681. The Labute approximate surface area is 168 Å². The molecule has 4 atom stereocenters. The highest BCUT2D eigenvalue weighted by molar-refractivity contribution is 8.01. The molecule has 0 radical (unpaired) electrons. The number of carbonyl (C=O) groups excluding carboxylic acids is 1. The van der Waals surface area contributed by atoms with Gasteiger partial charge in [-0.2, -0.15) is 10.0 Å². The van der Waals surface area contributed by atoms with E-state index in [4.69, 9.17) is 4.74 Å². The highest BCUT2D eigenvalue weighted by atomic mass is 32.2. The van der Waals surface area contributed by atoms with Crippen LogP contribution in [0.2, 0.25) is 0 Å². The van der Waals surface area contributed by atoms with E-state index in [2.05, 4.69) is 32.8 Å². The van der Waals surface area contributed by atoms with Gasteiger partial charge in [0.25, 0.3) is 0 Å². The lowest BCUT2D eigenvalue weighted by atomic mass is 10.1. The molecule has 1 aromatic rings. The summed E-state index contributed by atoms with van der Waals surface area (Å²) in [4.78, 5) is 23.5. The Morgan fingerprint density at radius 3 is 2.68 bits per heavy atom. The average molecular weight is 414 g/mol. The number of allylic oxidation sites excluding steroid dienone is 1. The first-order valence-electron chi connectivity index (χ1n) is 8.55. The van der Waals surface area contributed by atoms with Crippen molar-refractivity contribution in [1.29, 1.82) is 0 Å². The number of carbonyl (C=O) groups is 1. The fourth-order valence-electron chi connectivity index (χ4n) is 2.01. The van der Waals surface area contributed by atoms with Gasteiger partial charge in [-0.05, 0) is 17.6 Å². The van der Waals surface area contributed by atoms with Crippen LogP contribution in [0.4, 0.5) is 0 Å². The standard InChI is InChI=1S/C13H16N4O4S.C2H5NO.C2H6/c1-22-6-4-2-3-5-10-14-8-15-17(10)13-12(19)11(18)9(21-13)7-16-20;1-2(3)4;1-2/h4,6,8-9,11-13,18-19H,2,7H2,1H3;1H3,(H2,3,4);1-2H3/b6-4-;;. The fraction of sp³-hybridized carbons (Fsp3) is 0.588. The number of nitrogens with zero attached hydrogens (tertiary/aromatic N) is 4. The SMILES string of the molecule is CC.CC(N)=O.CS/C=C\CC#Cc1ncnn1C1OC(CN=O)C(O)C1O. The van der Waals surface area contributed by atoms with Crippen molar-refractivity contribution in [1.82, 2.24) is 14.8 Å². The van der Waals surface area contributed by atoms with Crippen LogP contribution in [0.15, 0.2) is 23.0 Å². The van der Waals surface area contributed by atoms with E-state index in [0.29, 0.717) is 12.2 Å². The number of primary amides is 1. The van der Waals surface area contributed by atoms with Crippen LogP contribution >= 0.6 is 11.8 Å². The number of aliphatic hydroxyl groups excluding tert-OH is 2. The van der Waals surface area contributed by atoms with Gasteiger partial charge in [-0.15, -0.1) is 11.8 Å². The van der Waals surface area contributed by atoms with Crippen molar-refractivity contribution < 1.29 is 19.7 Å². The van der Waals surface area contributed by atoms with Crippen LogP contribution in [0.5, 0.6) is 0 Å². The second kappa shape index (κ2) is 14.8. The topological polar surface area (TPSA) is 153 Å². The smallest absolute Gasteiger partial charge is 0.214 e. The van der Waals surface area contributed by atoms with Crippen molar-refractivity contribution in [3.63, 3.8) is 0 Å². The maximum atomic E-state index is 10.3. The van der Waals surface area contributed by atoms with Gasteiger partial charge in [-0.25, -0.2) is 9.67 Å². The molecule has 11 heteroatoms. The number of ether oxygens (including phenoxy) is 1. The van der Waals surface area contributed by atoms with Gasteiger partial charge in [0, 0.05) is 13.3 Å². The van der Waals surface area contributed by atoms with Gasteiger partial charge in [0.05, 0.1) is 0 Å². The zero-order valence-electron chi connectivity index (χ0n) is 16.3. The molecule has 1 saturated heterocycles. The lowest BCUT2D eigenvalue weighted by Crippen LogP contribution is -2.33. The lowest BCUT2D eigenvalue weighted by molar-refractivity contribution is -0.115. The largest absolute Gasteiger partial charge is 0.387 e. The molecule has 28 heavy (non-hydrogen) atoms. The second-order valence-electron chi connectivity index (χ2n) is 5.11. The maximum Gasteiger partial charge on any atom is 0.214 e. The number of amides is 1. The van der Waals surface area contributed by atoms with E-state index in [0.717, 1.165) is 0 Å². The molecule has 1 aromatic heterocycles. The first kappa shape index (κ1) is 25.7. The number of hydrogen-bond donors (Lipinski definition) is 3. The molecule has 4 unspecified atom stereocenters. The Morgan fingerprint density at radius 1 is 1.46 bits per heavy atom. The van der Waals surface area contributed by atoms with Crippen LogP contribution in [-0.2, 0) is 9.53 Å². The van der Waals surface area contributed by atoms with Gasteiger partial charge in [0.2, 0.25) is 11.7 Å². The first-order valence-corrected chi connectivity index (χ1v) is 9.84. The summed E-state index contributed by atoms with van der Waals surface area (Å²) in [6.07, 6.45) is 1.45. The van der Waals surface area contributed by atoms with Crippen molar-refractivity contribution in [2.24, 2.45) is 10.9 Å². The van der Waals surface area contributed by atoms with E-state index in [-0.39, 0.29) is 12.5 Å². The summed E-state index contributed by atoms with van der Waals surface area (Å²) in [5, 5.41) is 28.4. The lowest BCUT2D eigenvalue weighted by Gasteiger charge is -2.15. The molecule has 2 rings (SSSR count). The molecular weight excluding hydrogens is 386 g/mol. The molecular formula is C17H27N5O5S. The molecule has 0 spiro atoms. The minimum Gasteiger partial charge on any atom is -0.387 e. The molecule has 1 amide bonds. The van der Waals surface area contributed by atoms with E-state index in [1.165, 1.54) is 17.9 Å². The molecule has 1 aliphatic heterocycles. The third kappa shape index (κ3) is 8.62. The Hall–Kier alpha value is -2.26. The fourth-order valence-corrected chi connectivity index (χ4v) is 2.30. The third-order valence-electron chi connectivity index (χ3n) is 3.06. The Morgan fingerprint density at radius 2 is 2.11 bits per heavy atom. The number of aliphatic hydroxyl groups is 2. The van der Waals surface area contributed by atoms with Crippen molar-refractivity contribution in [2.45, 2.75) is 51.7 Å². The quantitative estimate of drug-likeness (QED) is 0.473. The zero-order valence-corrected chi connectivity index (χ0v) is 17.2. The molecule has 1 aliphatic rings. The third-order valence-corrected chi connectivity index (χ3v) is 3.52. The van der Waals surface area contributed by atoms with Gasteiger partial charge in [0.1, 0.15) is 31.2 Å². The van der Waals surface area contributed by atoms with Gasteiger partial charge in [-0.3, -0.25) is 4.79 Å². The van der Waals surface area contributed by atoms with Crippen LogP contribution in [0, 0.1) is 16.7 Å². The minimum absolute atomic E-state index is 0.246. The number of hydrogen-bond acceptors (Lipinski definition) is 9. The van der Waals surface area contributed by atoms with Crippen molar-refractivity contribution in [2.75, 3.05) is 12.8 Å². The summed E-state index contributed by atoms with van der Waals surface area (Å²) >= 11 is 1.58. The van der Waals surface area contributed by atoms with Crippen molar-refractivity contribution >= 4 is 17.7 Å². The van der Waals surface area contributed by atoms with Gasteiger partial charge >= 0.3 is 0 Å². The Balaban J connectivity index is 0.00000108. The molecule has 0 bridgehead atoms. The predicted molar refractivity (Wildman–Crippen MR) is 107 cm³/mol. The molecule has 10 nitrogen and oxygen atoms in total. The number of nitroso groups, excluding NO2 is 1. The van der Waals surface area contributed by atoms with Crippen LogP contribution < -0.4 is 5.73 Å². The van der Waals surface area contributed by atoms with E-state index >= 15 is 0 Å². The number of rotatable bonds is 5. The summed E-state index contributed by atoms with van der Waals surface area (Å²) in [6, 6.07) is 0. The number of nitrogens with two attached hydrogens (primary N) is 1. The van der Waals surface area contributed by atoms with Gasteiger partial charge < -0.3 is 20.7 Å². The summed E-state index contributed by atoms with van der Waals surface area (Å²) < 4.78 is 6.73. The van der Waals surface area contributed by atoms with E-state index in [1.807, 2.05) is 31.6 Å². The summed E-state index contributed by atoms with van der Waals surface area (Å²) in [7, 11) is 0. The summed E-state index contributed by atoms with van der Waals surface area (Å²) in [5.41, 5.74) is 4.47. The second-order valence-corrected chi connectivity index (χ2v) is 5.85. The Kier molecular flexibility index (Phi) is 13.6. The van der Waals surface area contributed by atoms with Crippen LogP contribution in [0.25, 0.3) is 0 Å². The minimum atomic E-state index is -1.23. The zero-order chi connectivity index (χ0) is 21.5.